The van der Waals surface area contributed by atoms with Gasteiger partial charge in [-0.2, -0.15) is 0 Å². The molecule has 156 valence electrons. The van der Waals surface area contributed by atoms with E-state index in [-0.39, 0.29) is 11.7 Å². The summed E-state index contributed by atoms with van der Waals surface area (Å²) in [6, 6.07) is 0. The first-order valence-electron chi connectivity index (χ1n) is 10.3. The lowest BCUT2D eigenvalue weighted by Gasteiger charge is -2.33. The number of amides is 1. The molecule has 3 aromatic rings. The van der Waals surface area contributed by atoms with E-state index in [1.807, 2.05) is 14.1 Å². The van der Waals surface area contributed by atoms with Crippen LogP contribution in [0, 0.1) is 11.3 Å². The van der Waals surface area contributed by atoms with Crippen LogP contribution in [0.4, 0.5) is 0 Å². The number of fused-ring (bicyclic) bond motifs is 5. The zero-order valence-electron chi connectivity index (χ0n) is 17.9. The van der Waals surface area contributed by atoms with Gasteiger partial charge in [-0.15, -0.1) is 16.4 Å². The lowest BCUT2D eigenvalue weighted by Crippen LogP contribution is -2.28. The second kappa shape index (κ2) is 7.65. The minimum absolute atomic E-state index is 0.215. The number of thiophene rings is 1. The maximum absolute atomic E-state index is 12.5. The van der Waals surface area contributed by atoms with E-state index in [1.54, 1.807) is 22.2 Å². The summed E-state index contributed by atoms with van der Waals surface area (Å²) in [7, 11) is 4.05. The van der Waals surface area contributed by atoms with Gasteiger partial charge in [-0.25, -0.2) is 14.5 Å². The highest BCUT2D eigenvalue weighted by Gasteiger charge is 2.32. The van der Waals surface area contributed by atoms with Crippen LogP contribution in [0.15, 0.2) is 6.33 Å². The topological polar surface area (TPSA) is 75.4 Å². The van der Waals surface area contributed by atoms with Crippen LogP contribution < -0.4 is 5.32 Å². The van der Waals surface area contributed by atoms with Crippen molar-refractivity contribution in [1.29, 1.82) is 0 Å². The average molecular weight is 415 g/mol. The Morgan fingerprint density at radius 3 is 2.90 bits per heavy atom. The summed E-state index contributed by atoms with van der Waals surface area (Å²) in [5.74, 6) is 0.672. The van der Waals surface area contributed by atoms with Crippen LogP contribution in [0.25, 0.3) is 15.9 Å². The van der Waals surface area contributed by atoms with Gasteiger partial charge in [-0.05, 0) is 63.2 Å². The largest absolute Gasteiger partial charge is 0.349 e. The van der Waals surface area contributed by atoms with Crippen LogP contribution in [0.5, 0.6) is 0 Å². The third-order valence-corrected chi connectivity index (χ3v) is 7.04. The summed E-state index contributed by atoms with van der Waals surface area (Å²) in [5.41, 5.74) is 2.41. The minimum Gasteiger partial charge on any atom is -0.349 e. The number of hydrogen-bond donors (Lipinski definition) is 1. The van der Waals surface area contributed by atoms with Crippen LogP contribution in [0.1, 0.15) is 54.7 Å². The second-order valence-corrected chi connectivity index (χ2v) is 10.4. The first-order valence-corrected chi connectivity index (χ1v) is 11.1. The lowest BCUT2D eigenvalue weighted by molar-refractivity contribution is 0.0942. The van der Waals surface area contributed by atoms with E-state index in [0.29, 0.717) is 17.9 Å². The molecular weight excluding hydrogens is 384 g/mol. The molecule has 1 atom stereocenters. The number of carbonyl (C=O) groups is 1. The molecule has 0 saturated heterocycles. The second-order valence-electron chi connectivity index (χ2n) is 9.35. The van der Waals surface area contributed by atoms with E-state index < -0.39 is 0 Å². The van der Waals surface area contributed by atoms with Crippen LogP contribution in [0.2, 0.25) is 0 Å². The van der Waals surface area contributed by atoms with E-state index in [0.717, 1.165) is 41.7 Å². The Bertz CT molecular complexity index is 1040. The maximum Gasteiger partial charge on any atom is 0.290 e. The van der Waals surface area contributed by atoms with E-state index in [1.165, 1.54) is 16.9 Å². The van der Waals surface area contributed by atoms with Crippen LogP contribution in [-0.4, -0.2) is 57.6 Å². The molecule has 0 spiro atoms. The number of rotatable bonds is 5. The van der Waals surface area contributed by atoms with Crippen molar-refractivity contribution in [2.45, 2.75) is 46.5 Å². The molecule has 1 aliphatic carbocycles. The molecule has 3 heterocycles. The van der Waals surface area contributed by atoms with Crippen LogP contribution >= 0.6 is 11.3 Å². The van der Waals surface area contributed by atoms with E-state index >= 15 is 0 Å². The first kappa shape index (κ1) is 20.2. The number of nitrogens with one attached hydrogen (secondary N) is 1. The van der Waals surface area contributed by atoms with Gasteiger partial charge in [0, 0.05) is 11.4 Å². The number of aromatic nitrogens is 4. The monoisotopic (exact) mass is 414 g/mol. The quantitative estimate of drug-likeness (QED) is 0.649. The minimum atomic E-state index is -0.225. The van der Waals surface area contributed by atoms with Crippen molar-refractivity contribution in [1.82, 2.24) is 29.8 Å². The van der Waals surface area contributed by atoms with Gasteiger partial charge in [0.2, 0.25) is 5.82 Å². The van der Waals surface area contributed by atoms with Gasteiger partial charge in [-0.3, -0.25) is 4.79 Å². The Hall–Kier alpha value is -2.06. The van der Waals surface area contributed by atoms with Crippen molar-refractivity contribution in [2.75, 3.05) is 27.2 Å². The predicted octanol–water partition coefficient (Wildman–Crippen LogP) is 3.17. The Balaban J connectivity index is 1.61. The molecule has 4 rings (SSSR count). The smallest absolute Gasteiger partial charge is 0.290 e. The molecular formula is C21H30N6OS. The molecule has 0 aliphatic heterocycles. The highest BCUT2D eigenvalue weighted by Crippen LogP contribution is 2.43. The Labute approximate surface area is 175 Å². The third kappa shape index (κ3) is 4.00. The summed E-state index contributed by atoms with van der Waals surface area (Å²) in [6.45, 7) is 8.53. The molecule has 0 unspecified atom stereocenters. The molecule has 0 saturated carbocycles. The van der Waals surface area contributed by atoms with Crippen molar-refractivity contribution < 1.29 is 4.79 Å². The fourth-order valence-corrected chi connectivity index (χ4v) is 5.35. The van der Waals surface area contributed by atoms with Gasteiger partial charge >= 0.3 is 0 Å². The maximum atomic E-state index is 12.5. The zero-order chi connectivity index (χ0) is 20.8. The van der Waals surface area contributed by atoms with Gasteiger partial charge in [-0.1, -0.05) is 20.8 Å². The lowest BCUT2D eigenvalue weighted by atomic mass is 9.72. The van der Waals surface area contributed by atoms with Crippen LogP contribution in [0.3, 0.4) is 0 Å². The predicted molar refractivity (Wildman–Crippen MR) is 117 cm³/mol. The van der Waals surface area contributed by atoms with Gasteiger partial charge in [0.15, 0.2) is 5.65 Å². The highest BCUT2D eigenvalue weighted by atomic mass is 32.1. The zero-order valence-corrected chi connectivity index (χ0v) is 18.8. The number of aryl methyl sites for hydroxylation is 1. The highest BCUT2D eigenvalue weighted by molar-refractivity contribution is 7.19. The SMILES string of the molecule is CN(C)CCCNC(=O)c1nc2c3c4c(sc3ncn2n1)C[C@@H](C(C)(C)C)CC4. The van der Waals surface area contributed by atoms with Crippen LogP contribution in [-0.2, 0) is 12.8 Å². The Morgan fingerprint density at radius 2 is 2.17 bits per heavy atom. The van der Waals surface area contributed by atoms with Gasteiger partial charge in [0.25, 0.3) is 5.91 Å². The molecule has 8 heteroatoms. The molecule has 3 aromatic heterocycles. The third-order valence-electron chi connectivity index (χ3n) is 5.88. The van der Waals surface area contributed by atoms with E-state index in [4.69, 9.17) is 0 Å². The Kier molecular flexibility index (Phi) is 5.33. The van der Waals surface area contributed by atoms with Gasteiger partial charge in [0.05, 0.1) is 5.39 Å². The molecule has 0 radical (unpaired) electrons. The fourth-order valence-electron chi connectivity index (χ4n) is 4.09. The Morgan fingerprint density at radius 1 is 1.38 bits per heavy atom. The molecule has 1 N–H and O–H groups in total. The molecule has 7 nitrogen and oxygen atoms in total. The van der Waals surface area contributed by atoms with E-state index in [9.17, 15) is 4.79 Å². The van der Waals surface area contributed by atoms with Gasteiger partial charge < -0.3 is 10.2 Å². The molecule has 29 heavy (non-hydrogen) atoms. The molecule has 0 bridgehead atoms. The summed E-state index contributed by atoms with van der Waals surface area (Å²) < 4.78 is 1.65. The number of nitrogens with zero attached hydrogens (tertiary/aromatic N) is 5. The number of hydrogen-bond acceptors (Lipinski definition) is 6. The van der Waals surface area contributed by atoms with E-state index in [2.05, 4.69) is 46.1 Å². The van der Waals surface area contributed by atoms with Crippen molar-refractivity contribution in [3.8, 4) is 0 Å². The fraction of sp³-hybridized carbons (Fsp3) is 0.619. The molecule has 1 amide bonds. The summed E-state index contributed by atoms with van der Waals surface area (Å²) in [5, 5.41) is 8.39. The average Bonchev–Trinajstić information content (AvgIpc) is 3.24. The summed E-state index contributed by atoms with van der Waals surface area (Å²) >= 11 is 1.77. The standard InChI is InChI=1S/C21H30N6OS/c1-21(2,3)13-7-8-14-15(11-13)29-20-16(14)18-24-17(25-27(18)12-23-20)19(28)22-9-6-10-26(4)5/h12-13H,6-11H2,1-5H3,(H,22,28)/t13-/m0/s1. The van der Waals surface area contributed by atoms with Gasteiger partial charge in [0.1, 0.15) is 11.2 Å². The molecule has 0 fully saturated rings. The molecule has 1 aliphatic rings. The van der Waals surface area contributed by atoms with Crippen molar-refractivity contribution in [3.63, 3.8) is 0 Å². The molecule has 0 aromatic carbocycles. The summed E-state index contributed by atoms with van der Waals surface area (Å²) in [6.07, 6.45) is 5.88. The number of carbonyl (C=O) groups excluding carboxylic acids is 1. The first-order chi connectivity index (χ1) is 13.7. The van der Waals surface area contributed by atoms with Crippen molar-refractivity contribution >= 4 is 33.1 Å². The summed E-state index contributed by atoms with van der Waals surface area (Å²) in [4.78, 5) is 26.2. The van der Waals surface area contributed by atoms with Crippen molar-refractivity contribution in [3.05, 3.63) is 22.6 Å². The van der Waals surface area contributed by atoms with Crippen molar-refractivity contribution in [2.24, 2.45) is 11.3 Å². The normalized spacial score (nSPS) is 17.2.